The van der Waals surface area contributed by atoms with Crippen LogP contribution in [0.5, 0.6) is 0 Å². The summed E-state index contributed by atoms with van der Waals surface area (Å²) in [5.74, 6) is -0.728. The summed E-state index contributed by atoms with van der Waals surface area (Å²) in [6.45, 7) is 5.72. The van der Waals surface area contributed by atoms with Crippen molar-refractivity contribution in [2.45, 2.75) is 200 Å². The Balaban J connectivity index is 0.979. The van der Waals surface area contributed by atoms with Crippen LogP contribution >= 0.6 is 0 Å². The molecule has 1 spiro atoms. The van der Waals surface area contributed by atoms with Gasteiger partial charge in [0.05, 0.1) is 37.4 Å². The smallest absolute Gasteiger partial charge is 0.314 e. The van der Waals surface area contributed by atoms with Crippen LogP contribution in [0.2, 0.25) is 0 Å². The standard InChI is InChI=1S/C44H70O23/c1-17-11-43-9-5-22-41(2,7-4-8-42(22,3)40(59)66-38-34(58)29(53)25(49)19(13-46)62-38)23(43)6-10-44(17,16-43)67-39-35(31(55)26(50)20(14-47)63-39)65-37-33(57)30(54)27(51)21(64-37)15-60-36-32(56)28(52)24(48)18(12-45)61-36/h18-39,45-58H,1,4-16H2,2-3H3/t18-,19-,20-,21-,22+,23+,24-,25-,26-,27-,28+,29+,30+,31+,32-,33-,34-,35-,36-,37+,38+,39+,41-,42-,43-,44+/m1/s1. The topological polar surface area (TPSA) is 374 Å². The van der Waals surface area contributed by atoms with E-state index in [1.54, 1.807) is 0 Å². The molecule has 4 heterocycles. The molecule has 0 aromatic carbocycles. The van der Waals surface area contributed by atoms with Gasteiger partial charge in [-0.25, -0.2) is 0 Å². The molecule has 23 nitrogen and oxygen atoms in total. The summed E-state index contributed by atoms with van der Waals surface area (Å²) in [5, 5.41) is 147. The Kier molecular flexibility index (Phi) is 15.0. The Labute approximate surface area is 386 Å². The van der Waals surface area contributed by atoms with Crippen molar-refractivity contribution in [2.75, 3.05) is 26.4 Å². The minimum absolute atomic E-state index is 0.0622. The Morgan fingerprint density at radius 3 is 1.72 bits per heavy atom. The van der Waals surface area contributed by atoms with Gasteiger partial charge in [-0.05, 0) is 86.5 Å². The molecule has 0 aromatic rings. The highest BCUT2D eigenvalue weighted by Gasteiger charge is 2.69. The molecule has 0 aromatic heterocycles. The maximum Gasteiger partial charge on any atom is 0.314 e. The molecule has 0 unspecified atom stereocenters. The third-order valence-corrected chi connectivity index (χ3v) is 17.1. The lowest BCUT2D eigenvalue weighted by Crippen LogP contribution is -2.66. The zero-order valence-electron chi connectivity index (χ0n) is 37.5. The Hall–Kier alpha value is -1.63. The predicted octanol–water partition coefficient (Wildman–Crippen LogP) is -5.11. The highest BCUT2D eigenvalue weighted by molar-refractivity contribution is 5.77. The van der Waals surface area contributed by atoms with Gasteiger partial charge < -0.3 is 109 Å². The largest absolute Gasteiger partial charge is 0.432 e. The number of hydrogen-bond acceptors (Lipinski definition) is 23. The van der Waals surface area contributed by atoms with Crippen molar-refractivity contribution < 1.29 is 114 Å². The second-order valence-corrected chi connectivity index (χ2v) is 20.8. The number of aliphatic hydroxyl groups is 14. The van der Waals surface area contributed by atoms with Crippen LogP contribution in [0, 0.1) is 28.1 Å². The number of esters is 1. The van der Waals surface area contributed by atoms with E-state index >= 15 is 0 Å². The quantitative estimate of drug-likeness (QED) is 0.0494. The van der Waals surface area contributed by atoms with Crippen molar-refractivity contribution in [3.8, 4) is 0 Å². The van der Waals surface area contributed by atoms with Gasteiger partial charge in [0.15, 0.2) is 18.9 Å². The fourth-order valence-electron chi connectivity index (χ4n) is 13.4. The summed E-state index contributed by atoms with van der Waals surface area (Å²) in [4.78, 5) is 14.2. The third kappa shape index (κ3) is 8.73. The Morgan fingerprint density at radius 1 is 0.597 bits per heavy atom. The van der Waals surface area contributed by atoms with Crippen molar-refractivity contribution in [2.24, 2.45) is 28.1 Å². The molecule has 0 amide bonds. The average molecular weight is 967 g/mol. The molecule has 4 saturated carbocycles. The highest BCUT2D eigenvalue weighted by Crippen LogP contribution is 2.73. The predicted molar refractivity (Wildman–Crippen MR) is 219 cm³/mol. The van der Waals surface area contributed by atoms with Gasteiger partial charge in [0.1, 0.15) is 97.7 Å². The van der Waals surface area contributed by atoms with E-state index in [-0.39, 0.29) is 17.3 Å². The summed E-state index contributed by atoms with van der Waals surface area (Å²) < 4.78 is 47.1. The minimum Gasteiger partial charge on any atom is -0.432 e. The third-order valence-electron chi connectivity index (χ3n) is 17.1. The molecular weight excluding hydrogens is 896 g/mol. The number of fused-ring (bicyclic) bond motifs is 3. The second kappa shape index (κ2) is 19.4. The van der Waals surface area contributed by atoms with Crippen molar-refractivity contribution in [1.29, 1.82) is 0 Å². The Morgan fingerprint density at radius 2 is 1.10 bits per heavy atom. The van der Waals surface area contributed by atoms with Gasteiger partial charge in [-0.15, -0.1) is 0 Å². The number of ether oxygens (including phenoxy) is 8. The molecule has 23 heteroatoms. The van der Waals surface area contributed by atoms with E-state index < -0.39 is 172 Å². The molecule has 0 radical (unpaired) electrons. The zero-order valence-corrected chi connectivity index (χ0v) is 37.5. The number of carbonyl (C=O) groups excluding carboxylic acids is 1. The first-order chi connectivity index (χ1) is 31.6. The fraction of sp³-hybridized carbons (Fsp3) is 0.932. The monoisotopic (exact) mass is 966 g/mol. The van der Waals surface area contributed by atoms with Crippen LogP contribution in [-0.2, 0) is 42.7 Å². The molecule has 14 N–H and O–H groups in total. The first-order valence-electron chi connectivity index (χ1n) is 23.4. The van der Waals surface area contributed by atoms with Gasteiger partial charge in [-0.3, -0.25) is 4.79 Å². The SMILES string of the molecule is C=C1C[C@@]23CC[C@H]4[C@@](C)(CCC[C@@]4(C)C(=O)O[C@@H]4O[C@H](CO)[C@@H](O)[C@H](O)[C@H]4O)[C@@H]2CC[C@]1(O[C@@H]1O[C@H](CO)[C@@H](O)[C@H](O)[C@H]1O[C@@H]1O[C@H](CO[C@@H]2O[C@H](CO)[C@@H](O)[C@H](O)[C@H]2O)[C@@H](O)[C@H](O)[C@H]1O)C3. The van der Waals surface area contributed by atoms with E-state index in [1.165, 1.54) is 0 Å². The number of rotatable bonds is 12. The van der Waals surface area contributed by atoms with Crippen molar-refractivity contribution >= 4 is 5.97 Å². The maximum atomic E-state index is 14.2. The summed E-state index contributed by atoms with van der Waals surface area (Å²) in [6.07, 6.45) is -28.0. The zero-order chi connectivity index (χ0) is 48.7. The maximum absolute atomic E-state index is 14.2. The highest BCUT2D eigenvalue weighted by atomic mass is 16.8. The average Bonchev–Trinajstić information content (AvgIpc) is 3.50. The second-order valence-electron chi connectivity index (χ2n) is 20.8. The first-order valence-corrected chi connectivity index (χ1v) is 23.4. The summed E-state index contributed by atoms with van der Waals surface area (Å²) >= 11 is 0. The summed E-state index contributed by atoms with van der Waals surface area (Å²) in [5.41, 5.74) is -2.12. The van der Waals surface area contributed by atoms with Gasteiger partial charge in [0.2, 0.25) is 6.29 Å². The molecule has 4 saturated heterocycles. The van der Waals surface area contributed by atoms with E-state index in [2.05, 4.69) is 13.5 Å². The number of hydrogen-bond donors (Lipinski definition) is 14. The van der Waals surface area contributed by atoms with E-state index in [9.17, 15) is 76.3 Å². The molecule has 384 valence electrons. The molecule has 2 bridgehead atoms. The van der Waals surface area contributed by atoms with Crippen LogP contribution in [0.3, 0.4) is 0 Å². The van der Waals surface area contributed by atoms with Crippen LogP contribution in [0.15, 0.2) is 12.2 Å². The molecule has 26 atom stereocenters. The molecule has 8 fully saturated rings. The van der Waals surface area contributed by atoms with Gasteiger partial charge in [0, 0.05) is 0 Å². The van der Waals surface area contributed by atoms with Crippen molar-refractivity contribution in [3.05, 3.63) is 12.2 Å². The van der Waals surface area contributed by atoms with E-state index in [4.69, 9.17) is 37.9 Å². The molecule has 4 aliphatic carbocycles. The molecule has 67 heavy (non-hydrogen) atoms. The van der Waals surface area contributed by atoms with Crippen molar-refractivity contribution in [1.82, 2.24) is 0 Å². The first kappa shape index (κ1) is 51.7. The van der Waals surface area contributed by atoms with Gasteiger partial charge in [0.25, 0.3) is 0 Å². The summed E-state index contributed by atoms with van der Waals surface area (Å²) in [6, 6.07) is 0. The molecule has 8 aliphatic rings. The molecule has 8 rings (SSSR count). The molecule has 4 aliphatic heterocycles. The lowest BCUT2D eigenvalue weighted by molar-refractivity contribution is -0.381. The number of carbonyl (C=O) groups is 1. The van der Waals surface area contributed by atoms with Crippen LogP contribution in [-0.4, -0.2) is 232 Å². The van der Waals surface area contributed by atoms with E-state index in [0.29, 0.717) is 51.4 Å². The van der Waals surface area contributed by atoms with Crippen LogP contribution in [0.1, 0.15) is 71.6 Å². The lowest BCUT2D eigenvalue weighted by atomic mass is 9.41. The van der Waals surface area contributed by atoms with Crippen molar-refractivity contribution in [3.63, 3.8) is 0 Å². The van der Waals surface area contributed by atoms with Crippen LogP contribution in [0.4, 0.5) is 0 Å². The molecular formula is C44H70O23. The lowest BCUT2D eigenvalue weighted by Gasteiger charge is -2.64. The normalized spacial score (nSPS) is 54.5. The van der Waals surface area contributed by atoms with Gasteiger partial charge in [-0.1, -0.05) is 19.9 Å². The fourth-order valence-corrected chi connectivity index (χ4v) is 13.4. The summed E-state index contributed by atoms with van der Waals surface area (Å²) in [7, 11) is 0. The van der Waals surface area contributed by atoms with E-state index in [1.807, 2.05) is 6.92 Å². The number of aliphatic hydroxyl groups excluding tert-OH is 14. The Bertz CT molecular complexity index is 1760. The van der Waals surface area contributed by atoms with E-state index in [0.717, 1.165) is 12.0 Å². The van der Waals surface area contributed by atoms with Gasteiger partial charge >= 0.3 is 5.97 Å². The van der Waals surface area contributed by atoms with Crippen LogP contribution in [0.25, 0.3) is 0 Å². The van der Waals surface area contributed by atoms with Gasteiger partial charge in [-0.2, -0.15) is 0 Å². The van der Waals surface area contributed by atoms with Crippen LogP contribution < -0.4 is 0 Å². The minimum atomic E-state index is -1.95.